The lowest BCUT2D eigenvalue weighted by molar-refractivity contribution is -0.137. The van der Waals surface area contributed by atoms with Gasteiger partial charge in [-0.25, -0.2) is 0 Å². The van der Waals surface area contributed by atoms with Crippen LogP contribution in [-0.4, -0.2) is 10.8 Å². The van der Waals surface area contributed by atoms with Gasteiger partial charge >= 0.3 is 6.18 Å². The van der Waals surface area contributed by atoms with E-state index in [1.807, 2.05) is 0 Å². The number of hydrogen-bond donors (Lipinski definition) is 0. The Labute approximate surface area is 111 Å². The minimum absolute atomic E-state index is 0.129. The molecule has 1 aromatic carbocycles. The molecule has 0 atom stereocenters. The monoisotopic (exact) mass is 285 g/mol. The van der Waals surface area contributed by atoms with Gasteiger partial charge in [0.05, 0.1) is 10.6 Å². The van der Waals surface area contributed by atoms with Crippen LogP contribution in [0.4, 0.5) is 13.2 Å². The van der Waals surface area contributed by atoms with Crippen molar-refractivity contribution < 1.29 is 18.0 Å². The second kappa shape index (κ2) is 5.01. The number of hydrogen-bond acceptors (Lipinski definition) is 2. The molecule has 0 aliphatic carbocycles. The van der Waals surface area contributed by atoms with Gasteiger partial charge in [-0.15, -0.1) is 0 Å². The van der Waals surface area contributed by atoms with E-state index in [1.54, 1.807) is 0 Å². The maximum absolute atomic E-state index is 12.4. The van der Waals surface area contributed by atoms with Crippen LogP contribution in [0, 0.1) is 0 Å². The third kappa shape index (κ3) is 3.12. The number of pyridine rings is 1. The van der Waals surface area contributed by atoms with Crippen LogP contribution in [0.15, 0.2) is 42.6 Å². The second-order valence-corrected chi connectivity index (χ2v) is 4.20. The van der Waals surface area contributed by atoms with Crippen LogP contribution >= 0.6 is 11.6 Å². The Morgan fingerprint density at radius 3 is 2.16 bits per heavy atom. The standard InChI is InChI=1S/C13H7ClF3NO/c14-10-5-6-11(18-7-10)12(19)8-1-3-9(4-2-8)13(15,16)17/h1-7H. The number of alkyl halides is 3. The molecule has 0 radical (unpaired) electrons. The smallest absolute Gasteiger partial charge is 0.287 e. The first-order valence-corrected chi connectivity index (χ1v) is 5.59. The molecule has 19 heavy (non-hydrogen) atoms. The molecule has 2 nitrogen and oxygen atoms in total. The number of aromatic nitrogens is 1. The molecule has 1 heterocycles. The number of rotatable bonds is 2. The van der Waals surface area contributed by atoms with E-state index < -0.39 is 17.5 Å². The number of benzene rings is 1. The summed E-state index contributed by atoms with van der Waals surface area (Å²) in [5, 5.41) is 0.379. The number of ketones is 1. The van der Waals surface area contributed by atoms with Crippen molar-refractivity contribution in [3.63, 3.8) is 0 Å². The van der Waals surface area contributed by atoms with Crippen LogP contribution in [0.1, 0.15) is 21.6 Å². The minimum atomic E-state index is -4.42. The van der Waals surface area contributed by atoms with Gasteiger partial charge in [-0.1, -0.05) is 23.7 Å². The highest BCUT2D eigenvalue weighted by atomic mass is 35.5. The molecule has 1 aromatic heterocycles. The van der Waals surface area contributed by atoms with Crippen molar-refractivity contribution >= 4 is 17.4 Å². The van der Waals surface area contributed by atoms with Crippen LogP contribution in [0.25, 0.3) is 0 Å². The molecular formula is C13H7ClF3NO. The zero-order chi connectivity index (χ0) is 14.0. The quantitative estimate of drug-likeness (QED) is 0.781. The summed E-state index contributed by atoms with van der Waals surface area (Å²) in [4.78, 5) is 15.8. The van der Waals surface area contributed by atoms with E-state index in [0.717, 1.165) is 24.3 Å². The molecule has 6 heteroatoms. The summed E-state index contributed by atoms with van der Waals surface area (Å²) in [7, 11) is 0. The zero-order valence-corrected chi connectivity index (χ0v) is 10.2. The summed E-state index contributed by atoms with van der Waals surface area (Å²) in [6, 6.07) is 6.89. The highest BCUT2D eigenvalue weighted by Crippen LogP contribution is 2.29. The van der Waals surface area contributed by atoms with Crippen LogP contribution in [0.3, 0.4) is 0 Å². The van der Waals surface area contributed by atoms with E-state index in [9.17, 15) is 18.0 Å². The van der Waals surface area contributed by atoms with Gasteiger partial charge in [0.25, 0.3) is 0 Å². The Morgan fingerprint density at radius 1 is 1.05 bits per heavy atom. The lowest BCUT2D eigenvalue weighted by Gasteiger charge is -2.07. The van der Waals surface area contributed by atoms with Gasteiger partial charge in [0, 0.05) is 11.8 Å². The number of carbonyl (C=O) groups is 1. The van der Waals surface area contributed by atoms with Gasteiger partial charge in [-0.2, -0.15) is 13.2 Å². The van der Waals surface area contributed by atoms with Crippen LogP contribution in [0.5, 0.6) is 0 Å². The molecule has 0 amide bonds. The summed E-state index contributed by atoms with van der Waals surface area (Å²) in [5.74, 6) is -0.453. The summed E-state index contributed by atoms with van der Waals surface area (Å²) in [5.41, 5.74) is -0.528. The van der Waals surface area contributed by atoms with Gasteiger partial charge in [-0.3, -0.25) is 9.78 Å². The topological polar surface area (TPSA) is 30.0 Å². The van der Waals surface area contributed by atoms with Crippen molar-refractivity contribution in [2.24, 2.45) is 0 Å². The SMILES string of the molecule is O=C(c1ccc(C(F)(F)F)cc1)c1ccc(Cl)cn1. The van der Waals surface area contributed by atoms with Crippen molar-refractivity contribution in [3.8, 4) is 0 Å². The summed E-state index contributed by atoms with van der Waals surface area (Å²) in [6.45, 7) is 0. The Balaban J connectivity index is 2.27. The molecule has 0 saturated carbocycles. The van der Waals surface area contributed by atoms with E-state index in [1.165, 1.54) is 18.3 Å². The molecule has 98 valence electrons. The Morgan fingerprint density at radius 2 is 1.68 bits per heavy atom. The van der Waals surface area contributed by atoms with Crippen molar-refractivity contribution in [3.05, 3.63) is 64.4 Å². The van der Waals surface area contributed by atoms with Gasteiger partial charge in [0.1, 0.15) is 5.69 Å². The fourth-order valence-corrected chi connectivity index (χ4v) is 1.58. The molecule has 2 rings (SSSR count). The van der Waals surface area contributed by atoms with Gasteiger partial charge in [0.15, 0.2) is 0 Å². The van der Waals surface area contributed by atoms with Gasteiger partial charge in [0.2, 0.25) is 5.78 Å². The van der Waals surface area contributed by atoms with E-state index in [2.05, 4.69) is 4.98 Å². The third-order valence-corrected chi connectivity index (χ3v) is 2.66. The molecule has 0 bridgehead atoms. The molecule has 0 fully saturated rings. The zero-order valence-electron chi connectivity index (χ0n) is 9.41. The molecule has 0 saturated heterocycles. The fraction of sp³-hybridized carbons (Fsp3) is 0.0769. The predicted molar refractivity (Wildman–Crippen MR) is 64.1 cm³/mol. The maximum atomic E-state index is 12.4. The highest BCUT2D eigenvalue weighted by Gasteiger charge is 2.30. The Bertz CT molecular complexity index is 591. The fourth-order valence-electron chi connectivity index (χ4n) is 1.47. The number of nitrogens with zero attached hydrogens (tertiary/aromatic N) is 1. The van der Waals surface area contributed by atoms with Gasteiger partial charge < -0.3 is 0 Å². The van der Waals surface area contributed by atoms with E-state index in [4.69, 9.17) is 11.6 Å². The molecule has 0 spiro atoms. The average Bonchev–Trinajstić information content (AvgIpc) is 2.38. The van der Waals surface area contributed by atoms with Crippen molar-refractivity contribution in [2.75, 3.05) is 0 Å². The molecule has 2 aromatic rings. The van der Waals surface area contributed by atoms with Crippen molar-refractivity contribution in [1.82, 2.24) is 4.98 Å². The Hall–Kier alpha value is -1.88. The highest BCUT2D eigenvalue weighted by molar-refractivity contribution is 6.30. The van der Waals surface area contributed by atoms with Gasteiger partial charge in [-0.05, 0) is 24.3 Å². The second-order valence-electron chi connectivity index (χ2n) is 3.77. The first kappa shape index (κ1) is 13.5. The minimum Gasteiger partial charge on any atom is -0.287 e. The predicted octanol–water partition coefficient (Wildman–Crippen LogP) is 3.98. The molecule has 0 aliphatic heterocycles. The van der Waals surface area contributed by atoms with Crippen LogP contribution in [-0.2, 0) is 6.18 Å². The maximum Gasteiger partial charge on any atom is 0.416 e. The lowest BCUT2D eigenvalue weighted by Crippen LogP contribution is -2.07. The van der Waals surface area contributed by atoms with E-state index >= 15 is 0 Å². The third-order valence-electron chi connectivity index (χ3n) is 2.43. The molecule has 0 aliphatic rings. The van der Waals surface area contributed by atoms with Crippen LogP contribution in [0.2, 0.25) is 5.02 Å². The molecular weight excluding hydrogens is 279 g/mol. The Kier molecular flexibility index (Phi) is 3.57. The summed E-state index contributed by atoms with van der Waals surface area (Å²) >= 11 is 5.63. The number of carbonyl (C=O) groups excluding carboxylic acids is 1. The largest absolute Gasteiger partial charge is 0.416 e. The molecule has 0 N–H and O–H groups in total. The summed E-state index contributed by atoms with van der Waals surface area (Å²) < 4.78 is 37.1. The average molecular weight is 286 g/mol. The first-order valence-electron chi connectivity index (χ1n) is 5.21. The molecule has 0 unspecified atom stereocenters. The van der Waals surface area contributed by atoms with Crippen molar-refractivity contribution in [2.45, 2.75) is 6.18 Å². The van der Waals surface area contributed by atoms with Crippen molar-refractivity contribution in [1.29, 1.82) is 0 Å². The van der Waals surface area contributed by atoms with E-state index in [0.29, 0.717) is 5.02 Å². The number of halogens is 4. The van der Waals surface area contributed by atoms with E-state index in [-0.39, 0.29) is 11.3 Å². The summed E-state index contributed by atoms with van der Waals surface area (Å²) in [6.07, 6.45) is -3.11. The normalized spacial score (nSPS) is 11.4. The lowest BCUT2D eigenvalue weighted by atomic mass is 10.1. The first-order chi connectivity index (χ1) is 8.88. The van der Waals surface area contributed by atoms with Crippen LogP contribution < -0.4 is 0 Å².